The van der Waals surface area contributed by atoms with Crippen molar-refractivity contribution in [3.63, 3.8) is 0 Å². The minimum absolute atomic E-state index is 0.0689. The fourth-order valence-electron chi connectivity index (χ4n) is 1.87. The molecular weight excluding hydrogens is 282 g/mol. The summed E-state index contributed by atoms with van der Waals surface area (Å²) in [7, 11) is 0. The molecule has 2 rings (SSSR count). The van der Waals surface area contributed by atoms with Gasteiger partial charge in [0.25, 0.3) is 11.8 Å². The van der Waals surface area contributed by atoms with E-state index in [1.165, 1.54) is 24.3 Å². The van der Waals surface area contributed by atoms with Crippen LogP contribution in [0.1, 0.15) is 27.6 Å². The largest absolute Gasteiger partial charge is 0.449 e. The Morgan fingerprint density at radius 3 is 1.59 bits per heavy atom. The third kappa shape index (κ3) is 3.38. The number of nitrogens with zero attached hydrogens (tertiary/aromatic N) is 1. The average Bonchev–Trinajstić information content (AvgIpc) is 2.56. The van der Waals surface area contributed by atoms with Gasteiger partial charge in [-0.05, 0) is 31.2 Å². The van der Waals surface area contributed by atoms with Gasteiger partial charge in [-0.1, -0.05) is 36.4 Å². The maximum absolute atomic E-state index is 12.5. The van der Waals surface area contributed by atoms with Gasteiger partial charge in [-0.15, -0.1) is 0 Å². The molecule has 2 aromatic rings. The van der Waals surface area contributed by atoms with Gasteiger partial charge < -0.3 is 4.74 Å². The lowest BCUT2D eigenvalue weighted by molar-refractivity contribution is 0.0561. The van der Waals surface area contributed by atoms with Gasteiger partial charge in [0.2, 0.25) is 0 Å². The zero-order chi connectivity index (χ0) is 15.9. The Labute approximate surface area is 128 Å². The third-order valence-corrected chi connectivity index (χ3v) is 2.90. The molecule has 0 saturated carbocycles. The number of amides is 3. The number of carbonyl (C=O) groups excluding carboxylic acids is 3. The second kappa shape index (κ2) is 7.17. The van der Waals surface area contributed by atoms with Gasteiger partial charge in [0.05, 0.1) is 6.61 Å². The van der Waals surface area contributed by atoms with Crippen LogP contribution in [0.4, 0.5) is 4.79 Å². The number of hydrogen-bond donors (Lipinski definition) is 0. The fraction of sp³-hybridized carbons (Fsp3) is 0.118. The van der Waals surface area contributed by atoms with E-state index in [-0.39, 0.29) is 17.7 Å². The molecule has 0 aliphatic carbocycles. The number of ether oxygens (including phenoxy) is 1. The molecule has 0 radical (unpaired) electrons. The van der Waals surface area contributed by atoms with Crippen molar-refractivity contribution >= 4 is 17.9 Å². The smallest absolute Gasteiger partial charge is 0.424 e. The first-order chi connectivity index (χ1) is 10.6. The molecule has 0 aliphatic rings. The van der Waals surface area contributed by atoms with E-state index in [1.807, 2.05) is 0 Å². The summed E-state index contributed by atoms with van der Waals surface area (Å²) in [6, 6.07) is 16.2. The van der Waals surface area contributed by atoms with Gasteiger partial charge in [-0.3, -0.25) is 9.59 Å². The lowest BCUT2D eigenvalue weighted by atomic mass is 10.1. The predicted octanol–water partition coefficient (Wildman–Crippen LogP) is 3.13. The molecule has 0 unspecified atom stereocenters. The Morgan fingerprint density at radius 2 is 1.23 bits per heavy atom. The lowest BCUT2D eigenvalue weighted by Gasteiger charge is -2.18. The van der Waals surface area contributed by atoms with Crippen LogP contribution in [-0.4, -0.2) is 29.4 Å². The van der Waals surface area contributed by atoms with E-state index in [1.54, 1.807) is 43.3 Å². The summed E-state index contributed by atoms with van der Waals surface area (Å²) >= 11 is 0. The van der Waals surface area contributed by atoms with Crippen molar-refractivity contribution in [1.82, 2.24) is 4.90 Å². The van der Waals surface area contributed by atoms with Gasteiger partial charge in [0.1, 0.15) is 0 Å². The van der Waals surface area contributed by atoms with E-state index in [0.29, 0.717) is 4.90 Å². The Hall–Kier alpha value is -2.95. The molecular formula is C17H15NO4. The van der Waals surface area contributed by atoms with E-state index in [2.05, 4.69) is 0 Å². The first-order valence-corrected chi connectivity index (χ1v) is 6.80. The number of imide groups is 3. The van der Waals surface area contributed by atoms with Crippen molar-refractivity contribution in [1.29, 1.82) is 0 Å². The van der Waals surface area contributed by atoms with Crippen molar-refractivity contribution < 1.29 is 19.1 Å². The Morgan fingerprint density at radius 1 is 0.818 bits per heavy atom. The quantitative estimate of drug-likeness (QED) is 0.816. The van der Waals surface area contributed by atoms with E-state index in [9.17, 15) is 14.4 Å². The number of carbonyl (C=O) groups is 3. The highest BCUT2D eigenvalue weighted by Gasteiger charge is 2.31. The summed E-state index contributed by atoms with van der Waals surface area (Å²) in [5.74, 6) is -1.43. The number of rotatable bonds is 3. The highest BCUT2D eigenvalue weighted by Crippen LogP contribution is 2.12. The van der Waals surface area contributed by atoms with Crippen molar-refractivity contribution in [2.45, 2.75) is 6.92 Å². The van der Waals surface area contributed by atoms with E-state index in [0.717, 1.165) is 0 Å². The Balaban J connectivity index is 2.37. The van der Waals surface area contributed by atoms with Crippen molar-refractivity contribution in [3.8, 4) is 0 Å². The minimum Gasteiger partial charge on any atom is -0.449 e. The van der Waals surface area contributed by atoms with Crippen LogP contribution in [0.3, 0.4) is 0 Å². The van der Waals surface area contributed by atoms with Gasteiger partial charge in [-0.25, -0.2) is 4.79 Å². The maximum atomic E-state index is 12.5. The number of benzene rings is 2. The van der Waals surface area contributed by atoms with Gasteiger partial charge in [0.15, 0.2) is 0 Å². The monoisotopic (exact) mass is 297 g/mol. The van der Waals surface area contributed by atoms with Crippen LogP contribution < -0.4 is 0 Å². The highest BCUT2D eigenvalue weighted by atomic mass is 16.6. The van der Waals surface area contributed by atoms with Crippen LogP contribution in [0.25, 0.3) is 0 Å². The minimum atomic E-state index is -0.981. The molecule has 0 saturated heterocycles. The molecule has 2 aromatic carbocycles. The van der Waals surface area contributed by atoms with Crippen LogP contribution >= 0.6 is 0 Å². The van der Waals surface area contributed by atoms with Crippen LogP contribution in [0.5, 0.6) is 0 Å². The molecule has 0 aromatic heterocycles. The Kier molecular flexibility index (Phi) is 5.03. The first kappa shape index (κ1) is 15.4. The van der Waals surface area contributed by atoms with Crippen LogP contribution in [0.15, 0.2) is 60.7 Å². The normalized spacial score (nSPS) is 9.86. The van der Waals surface area contributed by atoms with E-state index < -0.39 is 17.9 Å². The molecule has 0 heterocycles. The molecule has 0 atom stereocenters. The van der Waals surface area contributed by atoms with Crippen LogP contribution in [0.2, 0.25) is 0 Å². The van der Waals surface area contributed by atoms with Crippen LogP contribution in [0, 0.1) is 0 Å². The summed E-state index contributed by atoms with van der Waals surface area (Å²) in [6.07, 6.45) is -0.981. The van der Waals surface area contributed by atoms with Gasteiger partial charge in [0, 0.05) is 11.1 Å². The second-order valence-corrected chi connectivity index (χ2v) is 4.38. The molecule has 5 nitrogen and oxygen atoms in total. The summed E-state index contributed by atoms with van der Waals surface area (Å²) in [5.41, 5.74) is 0.472. The summed E-state index contributed by atoms with van der Waals surface area (Å²) < 4.78 is 4.83. The SMILES string of the molecule is CCOC(=O)N(C(=O)c1ccccc1)C(=O)c1ccccc1. The topological polar surface area (TPSA) is 63.7 Å². The summed E-state index contributed by atoms with van der Waals surface area (Å²) in [6.45, 7) is 1.68. The summed E-state index contributed by atoms with van der Waals surface area (Å²) in [4.78, 5) is 37.5. The van der Waals surface area contributed by atoms with Crippen molar-refractivity contribution in [2.75, 3.05) is 6.61 Å². The Bertz CT molecular complexity index is 616. The number of hydrogen-bond acceptors (Lipinski definition) is 4. The molecule has 0 aliphatic heterocycles. The van der Waals surface area contributed by atoms with Crippen LogP contribution in [-0.2, 0) is 4.74 Å². The van der Waals surface area contributed by atoms with Gasteiger partial charge >= 0.3 is 6.09 Å². The molecule has 3 amide bonds. The molecule has 0 fully saturated rings. The van der Waals surface area contributed by atoms with E-state index >= 15 is 0 Å². The first-order valence-electron chi connectivity index (χ1n) is 6.80. The molecule has 0 spiro atoms. The molecule has 5 heteroatoms. The highest BCUT2D eigenvalue weighted by molar-refractivity contribution is 6.19. The maximum Gasteiger partial charge on any atom is 0.424 e. The second-order valence-electron chi connectivity index (χ2n) is 4.38. The van der Waals surface area contributed by atoms with Crippen molar-refractivity contribution in [2.24, 2.45) is 0 Å². The predicted molar refractivity (Wildman–Crippen MR) is 80.4 cm³/mol. The molecule has 112 valence electrons. The lowest BCUT2D eigenvalue weighted by Crippen LogP contribution is -2.42. The molecule has 0 bridgehead atoms. The average molecular weight is 297 g/mol. The fourth-order valence-corrected chi connectivity index (χ4v) is 1.87. The molecule has 22 heavy (non-hydrogen) atoms. The third-order valence-electron chi connectivity index (χ3n) is 2.90. The molecule has 0 N–H and O–H groups in total. The van der Waals surface area contributed by atoms with E-state index in [4.69, 9.17) is 4.74 Å². The summed E-state index contributed by atoms with van der Waals surface area (Å²) in [5, 5.41) is 0. The zero-order valence-corrected chi connectivity index (χ0v) is 12.1. The van der Waals surface area contributed by atoms with Crippen molar-refractivity contribution in [3.05, 3.63) is 71.8 Å². The van der Waals surface area contributed by atoms with Gasteiger partial charge in [-0.2, -0.15) is 4.90 Å². The standard InChI is InChI=1S/C17H15NO4/c1-2-22-17(21)18(15(19)13-9-5-3-6-10-13)16(20)14-11-7-4-8-12-14/h3-12H,2H2,1H3. The zero-order valence-electron chi connectivity index (χ0n) is 12.1.